The molecule has 0 aromatic heterocycles. The van der Waals surface area contributed by atoms with Crippen LogP contribution in [0.3, 0.4) is 0 Å². The van der Waals surface area contributed by atoms with E-state index in [9.17, 15) is 0 Å². The van der Waals surface area contributed by atoms with Crippen LogP contribution in [0.2, 0.25) is 5.02 Å². The monoisotopic (exact) mass is 431 g/mol. The summed E-state index contributed by atoms with van der Waals surface area (Å²) in [7, 11) is 0. The van der Waals surface area contributed by atoms with Gasteiger partial charge in [0, 0.05) is 23.2 Å². The van der Waals surface area contributed by atoms with Crippen molar-refractivity contribution in [1.82, 2.24) is 5.32 Å². The van der Waals surface area contributed by atoms with Gasteiger partial charge in [0.25, 0.3) is 0 Å². The van der Waals surface area contributed by atoms with Crippen molar-refractivity contribution in [3.05, 3.63) is 94.5 Å². The number of rotatable bonds is 9. The van der Waals surface area contributed by atoms with Gasteiger partial charge in [0.15, 0.2) is 11.5 Å². The fourth-order valence-corrected chi connectivity index (χ4v) is 3.14. The van der Waals surface area contributed by atoms with Crippen LogP contribution in [-0.2, 0) is 13.2 Å². The Morgan fingerprint density at radius 2 is 1.62 bits per heavy atom. The Morgan fingerprint density at radius 1 is 0.897 bits per heavy atom. The normalized spacial score (nSPS) is 11.4. The van der Waals surface area contributed by atoms with E-state index >= 15 is 0 Å². The van der Waals surface area contributed by atoms with Gasteiger partial charge in [0.1, 0.15) is 6.61 Å². The highest BCUT2D eigenvalue weighted by molar-refractivity contribution is 6.31. The van der Waals surface area contributed by atoms with Crippen molar-refractivity contribution in [2.45, 2.75) is 33.0 Å². The van der Waals surface area contributed by atoms with Gasteiger partial charge in [-0.05, 0) is 43.2 Å². The van der Waals surface area contributed by atoms with Gasteiger partial charge < -0.3 is 14.8 Å². The summed E-state index contributed by atoms with van der Waals surface area (Å²) in [6.07, 6.45) is 0. The summed E-state index contributed by atoms with van der Waals surface area (Å²) in [6.45, 7) is 5.88. The molecule has 1 unspecified atom stereocenters. The van der Waals surface area contributed by atoms with E-state index in [1.165, 1.54) is 5.56 Å². The van der Waals surface area contributed by atoms with Crippen LogP contribution in [0.1, 0.15) is 36.6 Å². The smallest absolute Gasteiger partial charge is 0.161 e. The van der Waals surface area contributed by atoms with Crippen molar-refractivity contribution >= 4 is 24.0 Å². The van der Waals surface area contributed by atoms with Gasteiger partial charge in [-0.15, -0.1) is 12.4 Å². The third-order valence-electron chi connectivity index (χ3n) is 4.56. The first-order valence-corrected chi connectivity index (χ1v) is 9.95. The fraction of sp³-hybridized carbons (Fsp3) is 0.250. The maximum Gasteiger partial charge on any atom is 0.161 e. The molecule has 0 spiro atoms. The van der Waals surface area contributed by atoms with Crippen LogP contribution in [0, 0.1) is 0 Å². The molecule has 3 aromatic rings. The van der Waals surface area contributed by atoms with Crippen LogP contribution >= 0.6 is 24.0 Å². The van der Waals surface area contributed by atoms with Gasteiger partial charge in [-0.1, -0.05) is 66.2 Å². The topological polar surface area (TPSA) is 30.5 Å². The van der Waals surface area contributed by atoms with E-state index in [1.54, 1.807) is 0 Å². The van der Waals surface area contributed by atoms with Crippen LogP contribution < -0.4 is 14.8 Å². The van der Waals surface area contributed by atoms with E-state index in [0.717, 1.165) is 29.2 Å². The Bertz CT molecular complexity index is 887. The average molecular weight is 432 g/mol. The Labute approximate surface area is 184 Å². The maximum atomic E-state index is 6.22. The number of benzene rings is 3. The molecule has 29 heavy (non-hydrogen) atoms. The summed E-state index contributed by atoms with van der Waals surface area (Å²) >= 11 is 6.22. The molecule has 0 radical (unpaired) electrons. The highest BCUT2D eigenvalue weighted by atomic mass is 35.5. The van der Waals surface area contributed by atoms with E-state index in [0.29, 0.717) is 18.2 Å². The zero-order chi connectivity index (χ0) is 19.8. The number of hydrogen-bond donors (Lipinski definition) is 1. The lowest BCUT2D eigenvalue weighted by Crippen LogP contribution is -2.18. The SMILES string of the molecule is CCOc1cc(CNC(C)c2ccccc2)ccc1OCc1ccccc1Cl.Cl. The van der Waals surface area contributed by atoms with Crippen LogP contribution in [0.25, 0.3) is 0 Å². The molecule has 1 atom stereocenters. The minimum Gasteiger partial charge on any atom is -0.490 e. The molecule has 0 aliphatic rings. The van der Waals surface area contributed by atoms with Gasteiger partial charge in [-0.3, -0.25) is 0 Å². The Balaban J connectivity index is 0.00000300. The Hall–Kier alpha value is -2.20. The lowest BCUT2D eigenvalue weighted by atomic mass is 10.1. The summed E-state index contributed by atoms with van der Waals surface area (Å²) in [5.74, 6) is 1.47. The summed E-state index contributed by atoms with van der Waals surface area (Å²) in [4.78, 5) is 0. The Kier molecular flexibility index (Phi) is 9.33. The predicted octanol–water partition coefficient (Wildman–Crippen LogP) is 6.59. The average Bonchev–Trinajstić information content (AvgIpc) is 2.73. The van der Waals surface area contributed by atoms with Gasteiger partial charge in [0.05, 0.1) is 6.61 Å². The van der Waals surface area contributed by atoms with Crippen molar-refractivity contribution in [3.8, 4) is 11.5 Å². The zero-order valence-electron chi connectivity index (χ0n) is 16.7. The second-order valence-corrected chi connectivity index (χ2v) is 7.01. The molecular formula is C24H27Cl2NO2. The molecule has 0 saturated carbocycles. The lowest BCUT2D eigenvalue weighted by molar-refractivity contribution is 0.269. The molecule has 1 N–H and O–H groups in total. The molecule has 0 heterocycles. The van der Waals surface area contributed by atoms with Crippen molar-refractivity contribution in [3.63, 3.8) is 0 Å². The molecule has 0 aliphatic heterocycles. The zero-order valence-corrected chi connectivity index (χ0v) is 18.3. The highest BCUT2D eigenvalue weighted by Gasteiger charge is 2.10. The predicted molar refractivity (Wildman–Crippen MR) is 122 cm³/mol. The lowest BCUT2D eigenvalue weighted by Gasteiger charge is -2.16. The summed E-state index contributed by atoms with van der Waals surface area (Å²) in [5, 5.41) is 4.26. The minimum absolute atomic E-state index is 0. The molecule has 0 aliphatic carbocycles. The Morgan fingerprint density at radius 3 is 2.34 bits per heavy atom. The second kappa shape index (κ2) is 11.7. The summed E-state index contributed by atoms with van der Waals surface area (Å²) in [6, 6.07) is 24.5. The third kappa shape index (κ3) is 6.67. The standard InChI is InChI=1S/C24H26ClNO2.ClH/c1-3-27-24-15-19(16-26-18(2)20-9-5-4-6-10-20)13-14-23(24)28-17-21-11-7-8-12-22(21)25;/h4-15,18,26H,3,16-17H2,1-2H3;1H. The minimum atomic E-state index is 0. The molecule has 5 heteroatoms. The second-order valence-electron chi connectivity index (χ2n) is 6.61. The fourth-order valence-electron chi connectivity index (χ4n) is 2.95. The number of halogens is 2. The quantitative estimate of drug-likeness (QED) is 0.414. The van der Waals surface area contributed by atoms with Crippen molar-refractivity contribution in [1.29, 1.82) is 0 Å². The van der Waals surface area contributed by atoms with Gasteiger partial charge >= 0.3 is 0 Å². The van der Waals surface area contributed by atoms with Gasteiger partial charge in [-0.2, -0.15) is 0 Å². The van der Waals surface area contributed by atoms with Crippen LogP contribution in [0.4, 0.5) is 0 Å². The molecule has 0 amide bonds. The number of ether oxygens (including phenoxy) is 2. The molecule has 3 nitrogen and oxygen atoms in total. The largest absolute Gasteiger partial charge is 0.490 e. The van der Waals surface area contributed by atoms with Crippen molar-refractivity contribution in [2.24, 2.45) is 0 Å². The number of hydrogen-bond acceptors (Lipinski definition) is 3. The molecule has 3 aromatic carbocycles. The molecular weight excluding hydrogens is 405 g/mol. The van der Waals surface area contributed by atoms with Crippen molar-refractivity contribution in [2.75, 3.05) is 6.61 Å². The van der Waals surface area contributed by atoms with Gasteiger partial charge in [-0.25, -0.2) is 0 Å². The molecule has 0 fully saturated rings. The van der Waals surface area contributed by atoms with E-state index < -0.39 is 0 Å². The molecule has 0 saturated heterocycles. The van der Waals surface area contributed by atoms with E-state index in [1.807, 2.05) is 49.4 Å². The van der Waals surface area contributed by atoms with E-state index in [4.69, 9.17) is 21.1 Å². The summed E-state index contributed by atoms with van der Waals surface area (Å²) in [5.41, 5.74) is 3.37. The first-order chi connectivity index (χ1) is 13.7. The van der Waals surface area contributed by atoms with Crippen LogP contribution in [0.5, 0.6) is 11.5 Å². The van der Waals surface area contributed by atoms with Crippen LogP contribution in [0.15, 0.2) is 72.8 Å². The molecule has 154 valence electrons. The number of nitrogens with one attached hydrogen (secondary N) is 1. The first kappa shape index (κ1) is 23.1. The molecule has 3 rings (SSSR count). The van der Waals surface area contributed by atoms with Gasteiger partial charge in [0.2, 0.25) is 0 Å². The van der Waals surface area contributed by atoms with E-state index in [2.05, 4.69) is 42.6 Å². The highest BCUT2D eigenvalue weighted by Crippen LogP contribution is 2.30. The van der Waals surface area contributed by atoms with Crippen molar-refractivity contribution < 1.29 is 9.47 Å². The third-order valence-corrected chi connectivity index (χ3v) is 4.93. The maximum absolute atomic E-state index is 6.22. The first-order valence-electron chi connectivity index (χ1n) is 9.57. The van der Waals surface area contributed by atoms with Crippen LogP contribution in [-0.4, -0.2) is 6.61 Å². The molecule has 0 bridgehead atoms. The van der Waals surface area contributed by atoms with E-state index in [-0.39, 0.29) is 18.4 Å². The summed E-state index contributed by atoms with van der Waals surface area (Å²) < 4.78 is 11.8.